The molecule has 0 atom stereocenters. The maximum atomic E-state index is 12.2. The van der Waals surface area contributed by atoms with Gasteiger partial charge in [-0.25, -0.2) is 9.48 Å². The second-order valence-electron chi connectivity index (χ2n) is 6.73. The van der Waals surface area contributed by atoms with Gasteiger partial charge in [-0.2, -0.15) is 5.10 Å². The van der Waals surface area contributed by atoms with Gasteiger partial charge in [0.2, 0.25) is 0 Å². The molecule has 1 fully saturated rings. The Bertz CT molecular complexity index is 719. The Morgan fingerprint density at radius 2 is 1.88 bits per heavy atom. The van der Waals surface area contributed by atoms with E-state index in [1.807, 2.05) is 48.9 Å². The lowest BCUT2D eigenvalue weighted by atomic mass is 9.93. The van der Waals surface area contributed by atoms with Crippen LogP contribution >= 0.6 is 0 Å². The number of carbonyl (C=O) groups is 1. The van der Waals surface area contributed by atoms with Gasteiger partial charge in [0, 0.05) is 23.8 Å². The van der Waals surface area contributed by atoms with E-state index in [9.17, 15) is 9.90 Å². The van der Waals surface area contributed by atoms with Crippen molar-refractivity contribution in [3.63, 3.8) is 0 Å². The van der Waals surface area contributed by atoms with Crippen molar-refractivity contribution in [3.8, 4) is 5.69 Å². The summed E-state index contributed by atoms with van der Waals surface area (Å²) in [6.45, 7) is 4.43. The lowest BCUT2D eigenvalue weighted by Gasteiger charge is -2.26. The van der Waals surface area contributed by atoms with Crippen molar-refractivity contribution in [3.05, 3.63) is 47.3 Å². The molecule has 1 heterocycles. The van der Waals surface area contributed by atoms with E-state index in [2.05, 4.69) is 15.7 Å². The Balaban J connectivity index is 1.60. The molecule has 2 aromatic rings. The van der Waals surface area contributed by atoms with Crippen molar-refractivity contribution < 1.29 is 9.90 Å². The van der Waals surface area contributed by atoms with Crippen LogP contribution in [0, 0.1) is 13.8 Å². The Labute approximate surface area is 148 Å². The molecule has 1 aromatic carbocycles. The molecule has 0 spiro atoms. The van der Waals surface area contributed by atoms with Gasteiger partial charge in [0.15, 0.2) is 0 Å². The summed E-state index contributed by atoms with van der Waals surface area (Å²) in [5, 5.41) is 20.1. The molecule has 3 rings (SSSR count). The third kappa shape index (κ3) is 4.20. The first-order chi connectivity index (χ1) is 12.0. The number of hydrogen-bond donors (Lipinski definition) is 3. The molecule has 0 aliphatic heterocycles. The highest BCUT2D eigenvalue weighted by molar-refractivity contribution is 5.74. The van der Waals surface area contributed by atoms with Crippen molar-refractivity contribution in [2.24, 2.45) is 0 Å². The third-order valence-electron chi connectivity index (χ3n) is 4.90. The van der Waals surface area contributed by atoms with Crippen LogP contribution < -0.4 is 10.6 Å². The summed E-state index contributed by atoms with van der Waals surface area (Å²) in [5.41, 5.74) is 4.00. The zero-order chi connectivity index (χ0) is 17.8. The first-order valence-corrected chi connectivity index (χ1v) is 8.87. The van der Waals surface area contributed by atoms with Gasteiger partial charge in [-0.1, -0.05) is 18.2 Å². The average Bonchev–Trinajstić information content (AvgIpc) is 2.90. The van der Waals surface area contributed by atoms with E-state index in [1.165, 1.54) is 0 Å². The molecule has 0 saturated heterocycles. The predicted molar refractivity (Wildman–Crippen MR) is 96.7 cm³/mol. The zero-order valence-electron chi connectivity index (χ0n) is 14.8. The van der Waals surface area contributed by atoms with Crippen LogP contribution in [-0.4, -0.2) is 33.1 Å². The van der Waals surface area contributed by atoms with E-state index in [0.29, 0.717) is 6.54 Å². The van der Waals surface area contributed by atoms with Gasteiger partial charge in [-0.05, 0) is 51.7 Å². The minimum absolute atomic E-state index is 0.151. The minimum Gasteiger partial charge on any atom is -0.393 e. The smallest absolute Gasteiger partial charge is 0.315 e. The van der Waals surface area contributed by atoms with Crippen LogP contribution in [-0.2, 0) is 6.54 Å². The highest BCUT2D eigenvalue weighted by Gasteiger charge is 2.21. The van der Waals surface area contributed by atoms with Crippen LogP contribution in [0.25, 0.3) is 5.69 Å². The number of amides is 2. The number of benzene rings is 1. The van der Waals surface area contributed by atoms with Gasteiger partial charge in [-0.15, -0.1) is 0 Å². The Hall–Kier alpha value is -2.34. The zero-order valence-corrected chi connectivity index (χ0v) is 14.8. The minimum atomic E-state index is -0.213. The molecular formula is C19H26N4O2. The number of aliphatic hydroxyl groups is 1. The quantitative estimate of drug-likeness (QED) is 0.799. The monoisotopic (exact) mass is 342 g/mol. The number of para-hydroxylation sites is 1. The van der Waals surface area contributed by atoms with Gasteiger partial charge in [0.1, 0.15) is 0 Å². The molecule has 25 heavy (non-hydrogen) atoms. The SMILES string of the molecule is Cc1nn(-c2ccccc2)c(C)c1CNC(=O)NC1CCC(O)CC1. The normalized spacial score (nSPS) is 20.3. The van der Waals surface area contributed by atoms with Crippen LogP contribution in [0.1, 0.15) is 42.6 Å². The van der Waals surface area contributed by atoms with E-state index in [0.717, 1.165) is 48.3 Å². The van der Waals surface area contributed by atoms with E-state index in [4.69, 9.17) is 0 Å². The summed E-state index contributed by atoms with van der Waals surface area (Å²) in [6.07, 6.45) is 2.97. The van der Waals surface area contributed by atoms with Gasteiger partial charge >= 0.3 is 6.03 Å². The van der Waals surface area contributed by atoms with Crippen LogP contribution in [0.5, 0.6) is 0 Å². The Kier molecular flexibility index (Phi) is 5.38. The number of carbonyl (C=O) groups excluding carboxylic acids is 1. The number of urea groups is 1. The van der Waals surface area contributed by atoms with Crippen molar-refractivity contribution in [2.45, 2.75) is 58.2 Å². The first kappa shape index (κ1) is 17.5. The van der Waals surface area contributed by atoms with E-state index >= 15 is 0 Å². The standard InChI is InChI=1S/C19H26N4O2/c1-13-18(14(2)23(22-13)16-6-4-3-5-7-16)12-20-19(25)21-15-8-10-17(24)11-9-15/h3-7,15,17,24H,8-12H2,1-2H3,(H2,20,21,25). The first-order valence-electron chi connectivity index (χ1n) is 8.87. The molecule has 6 heteroatoms. The van der Waals surface area contributed by atoms with Crippen LogP contribution in [0.15, 0.2) is 30.3 Å². The molecule has 1 aromatic heterocycles. The fourth-order valence-corrected chi connectivity index (χ4v) is 3.38. The number of aryl methyl sites for hydroxylation is 1. The molecule has 0 bridgehead atoms. The molecule has 6 nitrogen and oxygen atoms in total. The molecule has 2 amide bonds. The van der Waals surface area contributed by atoms with Crippen molar-refractivity contribution in [2.75, 3.05) is 0 Å². The summed E-state index contributed by atoms with van der Waals surface area (Å²) < 4.78 is 1.91. The molecule has 1 aliphatic carbocycles. The molecule has 3 N–H and O–H groups in total. The number of aliphatic hydroxyl groups excluding tert-OH is 1. The number of rotatable bonds is 4. The van der Waals surface area contributed by atoms with Crippen molar-refractivity contribution >= 4 is 6.03 Å². The van der Waals surface area contributed by atoms with Crippen molar-refractivity contribution in [1.82, 2.24) is 20.4 Å². The predicted octanol–water partition coefficient (Wildman–Crippen LogP) is 2.59. The Morgan fingerprint density at radius 3 is 2.56 bits per heavy atom. The highest BCUT2D eigenvalue weighted by atomic mass is 16.3. The highest BCUT2D eigenvalue weighted by Crippen LogP contribution is 2.19. The third-order valence-corrected chi connectivity index (χ3v) is 4.90. The largest absolute Gasteiger partial charge is 0.393 e. The van der Waals surface area contributed by atoms with E-state index < -0.39 is 0 Å². The fourth-order valence-electron chi connectivity index (χ4n) is 3.38. The summed E-state index contributed by atoms with van der Waals surface area (Å²) in [5.74, 6) is 0. The maximum Gasteiger partial charge on any atom is 0.315 e. The lowest BCUT2D eigenvalue weighted by molar-refractivity contribution is 0.117. The van der Waals surface area contributed by atoms with Crippen molar-refractivity contribution in [1.29, 1.82) is 0 Å². The number of nitrogens with one attached hydrogen (secondary N) is 2. The van der Waals surface area contributed by atoms with E-state index in [1.54, 1.807) is 0 Å². The molecule has 134 valence electrons. The Morgan fingerprint density at radius 1 is 1.20 bits per heavy atom. The summed E-state index contributed by atoms with van der Waals surface area (Å²) >= 11 is 0. The molecule has 0 unspecified atom stereocenters. The van der Waals surface area contributed by atoms with Crippen LogP contribution in [0.2, 0.25) is 0 Å². The average molecular weight is 342 g/mol. The number of nitrogens with zero attached hydrogens (tertiary/aromatic N) is 2. The molecule has 1 aliphatic rings. The summed E-state index contributed by atoms with van der Waals surface area (Å²) in [6, 6.07) is 9.97. The second kappa shape index (κ2) is 7.70. The number of hydrogen-bond acceptors (Lipinski definition) is 3. The van der Waals surface area contributed by atoms with Gasteiger partial charge in [0.25, 0.3) is 0 Å². The van der Waals surface area contributed by atoms with E-state index in [-0.39, 0.29) is 18.2 Å². The summed E-state index contributed by atoms with van der Waals surface area (Å²) in [4.78, 5) is 12.2. The van der Waals surface area contributed by atoms with Gasteiger partial charge in [-0.3, -0.25) is 0 Å². The lowest BCUT2D eigenvalue weighted by Crippen LogP contribution is -2.44. The van der Waals surface area contributed by atoms with Gasteiger partial charge in [0.05, 0.1) is 17.5 Å². The second-order valence-corrected chi connectivity index (χ2v) is 6.73. The molecule has 1 saturated carbocycles. The summed E-state index contributed by atoms with van der Waals surface area (Å²) in [7, 11) is 0. The van der Waals surface area contributed by atoms with Gasteiger partial charge < -0.3 is 15.7 Å². The number of aromatic nitrogens is 2. The van der Waals surface area contributed by atoms with Crippen LogP contribution in [0.3, 0.4) is 0 Å². The molecule has 0 radical (unpaired) electrons. The topological polar surface area (TPSA) is 79.2 Å². The molecular weight excluding hydrogens is 316 g/mol. The fraction of sp³-hybridized carbons (Fsp3) is 0.474. The maximum absolute atomic E-state index is 12.2. The van der Waals surface area contributed by atoms with Crippen LogP contribution in [0.4, 0.5) is 4.79 Å².